The quantitative estimate of drug-likeness (QED) is 0.142. The minimum atomic E-state index is -1.41. The molecular weight excluding hydrogens is 714 g/mol. The number of nitrogen functional groups attached to an aromatic ring is 2. The Morgan fingerprint density at radius 2 is 1.25 bits per heavy atom. The molecule has 0 spiro atoms. The summed E-state index contributed by atoms with van der Waals surface area (Å²) in [6.45, 7) is 3.09. The van der Waals surface area contributed by atoms with Gasteiger partial charge in [-0.05, 0) is 62.1 Å². The van der Waals surface area contributed by atoms with Crippen LogP contribution >= 0.6 is 0 Å². The molecule has 7 N–H and O–H groups in total. The van der Waals surface area contributed by atoms with E-state index in [1.54, 1.807) is 0 Å². The van der Waals surface area contributed by atoms with Crippen LogP contribution in [0.15, 0.2) is 53.9 Å². The molecule has 2 aromatic heterocycles. The summed E-state index contributed by atoms with van der Waals surface area (Å²) in [4.78, 5) is 41.0. The Morgan fingerprint density at radius 3 is 1.66 bits per heavy atom. The number of halogens is 2. The van der Waals surface area contributed by atoms with Gasteiger partial charge < -0.3 is 41.5 Å². The van der Waals surface area contributed by atoms with Crippen molar-refractivity contribution in [2.75, 3.05) is 63.7 Å². The number of nitrogens with two attached hydrogens (primary N) is 3. The Balaban J connectivity index is 0.000000202. The van der Waals surface area contributed by atoms with Crippen molar-refractivity contribution in [3.63, 3.8) is 0 Å². The number of methoxy groups -OCH3 is 2. The van der Waals surface area contributed by atoms with Crippen molar-refractivity contribution in [3.05, 3.63) is 82.7 Å². The van der Waals surface area contributed by atoms with Gasteiger partial charge in [-0.2, -0.15) is 4.98 Å². The van der Waals surface area contributed by atoms with Gasteiger partial charge in [0.2, 0.25) is 22.7 Å². The van der Waals surface area contributed by atoms with Gasteiger partial charge in [0.25, 0.3) is 0 Å². The number of carbonyl (C=O) groups is 2. The van der Waals surface area contributed by atoms with E-state index < -0.39 is 34.0 Å². The summed E-state index contributed by atoms with van der Waals surface area (Å²) in [5, 5.41) is 3.20. The number of ether oxygens (including phenoxy) is 4. The monoisotopic (exact) mass is 756 g/mol. The molecule has 2 aliphatic heterocycles. The molecule has 2 saturated heterocycles. The Bertz CT molecular complexity index is 1910. The molecule has 1 atom stereocenters. The zero-order valence-corrected chi connectivity index (χ0v) is 30.3. The van der Waals surface area contributed by atoms with Crippen LogP contribution in [0.25, 0.3) is 0 Å². The van der Waals surface area contributed by atoms with Crippen molar-refractivity contribution in [3.8, 4) is 11.5 Å². The highest BCUT2D eigenvalue weighted by molar-refractivity contribution is 7.84. The van der Waals surface area contributed by atoms with Crippen molar-refractivity contribution in [1.82, 2.24) is 19.9 Å². The molecule has 0 saturated carbocycles. The summed E-state index contributed by atoms with van der Waals surface area (Å²) in [6, 6.07) is 7.90. The summed E-state index contributed by atoms with van der Waals surface area (Å²) in [7, 11) is 1.36. The molecule has 53 heavy (non-hydrogen) atoms. The SMILES string of the molecule is COc1ccc(F)cc1C(=O)c1cnc(NC2CCOCC2)nc1N.COc1ccc(F)cc1C(=O)c1cnc(S(C)=O)nc1N.NC1CCOCC1. The molecule has 15 nitrogen and oxygen atoms in total. The molecule has 284 valence electrons. The van der Waals surface area contributed by atoms with Gasteiger partial charge in [0.15, 0.2) is 0 Å². The third-order valence-corrected chi connectivity index (χ3v) is 8.70. The fourth-order valence-corrected chi connectivity index (χ4v) is 5.50. The highest BCUT2D eigenvalue weighted by Gasteiger charge is 2.22. The molecule has 2 aliphatic rings. The molecule has 4 aromatic rings. The van der Waals surface area contributed by atoms with E-state index in [1.807, 2.05) is 0 Å². The average molecular weight is 757 g/mol. The first-order chi connectivity index (χ1) is 25.4. The summed E-state index contributed by atoms with van der Waals surface area (Å²) in [5.74, 6) is -1.45. The Labute approximate surface area is 307 Å². The van der Waals surface area contributed by atoms with E-state index in [0.29, 0.717) is 25.2 Å². The number of carbonyl (C=O) groups excluding carboxylic acids is 2. The average Bonchev–Trinajstić information content (AvgIpc) is 3.15. The molecule has 4 heterocycles. The fraction of sp³-hybridized carbons (Fsp3) is 0.371. The van der Waals surface area contributed by atoms with Gasteiger partial charge in [-0.3, -0.25) is 13.8 Å². The van der Waals surface area contributed by atoms with Gasteiger partial charge >= 0.3 is 0 Å². The third-order valence-electron chi connectivity index (χ3n) is 7.99. The number of ketones is 2. The molecule has 0 amide bonds. The maximum atomic E-state index is 13.5. The number of aromatic nitrogens is 4. The first-order valence-corrected chi connectivity index (χ1v) is 18.0. The van der Waals surface area contributed by atoms with Crippen LogP contribution in [-0.2, 0) is 20.3 Å². The molecule has 18 heteroatoms. The second-order valence-electron chi connectivity index (χ2n) is 11.7. The minimum Gasteiger partial charge on any atom is -0.496 e. The van der Waals surface area contributed by atoms with Gasteiger partial charge in [0.05, 0.1) is 47.3 Å². The lowest BCUT2D eigenvalue weighted by molar-refractivity contribution is 0.0866. The Kier molecular flexibility index (Phi) is 15.0. The molecule has 0 bridgehead atoms. The van der Waals surface area contributed by atoms with Gasteiger partial charge in [-0.15, -0.1) is 0 Å². The predicted octanol–water partition coefficient (Wildman–Crippen LogP) is 3.33. The molecule has 0 aliphatic carbocycles. The Hall–Kier alpha value is -5.17. The molecular formula is C35H42F2N8O7S. The van der Waals surface area contributed by atoms with Crippen LogP contribution in [0.4, 0.5) is 26.4 Å². The summed E-state index contributed by atoms with van der Waals surface area (Å²) in [6.07, 6.45) is 7.70. The van der Waals surface area contributed by atoms with Crippen LogP contribution in [-0.4, -0.2) is 94.7 Å². The Morgan fingerprint density at radius 1 is 0.774 bits per heavy atom. The van der Waals surface area contributed by atoms with E-state index >= 15 is 0 Å². The fourth-order valence-electron chi connectivity index (χ4n) is 5.08. The van der Waals surface area contributed by atoms with Crippen LogP contribution in [0.5, 0.6) is 11.5 Å². The normalized spacial score (nSPS) is 15.1. The number of nitrogens with zero attached hydrogens (tertiary/aromatic N) is 4. The number of hydrogen-bond acceptors (Lipinski definition) is 15. The predicted molar refractivity (Wildman–Crippen MR) is 193 cm³/mol. The smallest absolute Gasteiger partial charge is 0.224 e. The lowest BCUT2D eigenvalue weighted by Gasteiger charge is -2.23. The topological polar surface area (TPSA) is 230 Å². The van der Waals surface area contributed by atoms with Crippen molar-refractivity contribution in [2.24, 2.45) is 5.73 Å². The highest BCUT2D eigenvalue weighted by atomic mass is 32.2. The van der Waals surface area contributed by atoms with Crippen LogP contribution < -0.4 is 32.0 Å². The summed E-state index contributed by atoms with van der Waals surface area (Å²) in [5.41, 5.74) is 17.3. The number of rotatable bonds is 9. The summed E-state index contributed by atoms with van der Waals surface area (Å²) >= 11 is 0. The molecule has 2 aromatic carbocycles. The minimum absolute atomic E-state index is 0.00639. The standard InChI is InChI=1S/C17H19FN4O3.C13H12FN3O3S.C5H11NO/c1-24-14-3-2-10(18)8-12(14)15(23)13-9-20-17(22-16(13)19)21-11-4-6-25-7-5-11;1-20-10-4-3-7(14)5-8(10)11(18)9-6-16-13(21(2)19)17-12(9)15;6-5-1-3-7-4-2-5/h2-3,8-9,11H,4-7H2,1H3,(H3,19,20,21,22);3-6H,1-2H3,(H2,15,16,17);5H,1-4,6H2. The maximum Gasteiger partial charge on any atom is 0.224 e. The van der Waals surface area contributed by atoms with Crippen molar-refractivity contribution in [1.29, 1.82) is 0 Å². The van der Waals surface area contributed by atoms with Gasteiger partial charge in [-0.1, -0.05) is 0 Å². The van der Waals surface area contributed by atoms with Crippen molar-refractivity contribution >= 4 is 40.0 Å². The van der Waals surface area contributed by atoms with E-state index in [4.69, 9.17) is 36.1 Å². The highest BCUT2D eigenvalue weighted by Crippen LogP contribution is 2.26. The van der Waals surface area contributed by atoms with E-state index in [-0.39, 0.29) is 56.6 Å². The van der Waals surface area contributed by atoms with E-state index in [0.717, 1.165) is 51.0 Å². The number of anilines is 3. The van der Waals surface area contributed by atoms with Crippen molar-refractivity contribution < 1.29 is 41.5 Å². The molecule has 0 radical (unpaired) electrons. The third kappa shape index (κ3) is 11.4. The van der Waals surface area contributed by atoms with E-state index in [2.05, 4.69) is 25.3 Å². The van der Waals surface area contributed by atoms with Gasteiger partial charge in [0, 0.05) is 57.2 Å². The lowest BCUT2D eigenvalue weighted by atomic mass is 10.0. The van der Waals surface area contributed by atoms with Gasteiger partial charge in [-0.25, -0.2) is 23.7 Å². The lowest BCUT2D eigenvalue weighted by Crippen LogP contribution is -2.28. The zero-order chi connectivity index (χ0) is 38.5. The molecule has 2 fully saturated rings. The molecule has 6 rings (SSSR count). The van der Waals surface area contributed by atoms with Crippen molar-refractivity contribution in [2.45, 2.75) is 42.9 Å². The zero-order valence-electron chi connectivity index (χ0n) is 29.5. The first kappa shape index (κ1) is 40.6. The second kappa shape index (κ2) is 19.6. The number of benzene rings is 2. The van der Waals surface area contributed by atoms with Gasteiger partial charge in [0.1, 0.15) is 34.8 Å². The summed E-state index contributed by atoms with van der Waals surface area (Å²) < 4.78 is 58.6. The van der Waals surface area contributed by atoms with E-state index in [1.165, 1.54) is 57.1 Å². The largest absolute Gasteiger partial charge is 0.496 e. The van der Waals surface area contributed by atoms with Crippen LogP contribution in [0.3, 0.4) is 0 Å². The second-order valence-corrected chi connectivity index (χ2v) is 13.0. The first-order valence-electron chi connectivity index (χ1n) is 16.4. The maximum absolute atomic E-state index is 13.5. The van der Waals surface area contributed by atoms with Crippen LogP contribution in [0.2, 0.25) is 0 Å². The number of hydrogen-bond donors (Lipinski definition) is 4. The van der Waals surface area contributed by atoms with Crippen LogP contribution in [0, 0.1) is 11.6 Å². The van der Waals surface area contributed by atoms with Crippen LogP contribution in [0.1, 0.15) is 57.5 Å². The van der Waals surface area contributed by atoms with E-state index in [9.17, 15) is 22.6 Å². The molecule has 1 unspecified atom stereocenters. The number of nitrogens with one attached hydrogen (secondary N) is 1.